The third-order valence-electron chi connectivity index (χ3n) is 4.50. The number of hydrogen-bond acceptors (Lipinski definition) is 4. The van der Waals surface area contributed by atoms with Crippen LogP contribution in [0.1, 0.15) is 25.2 Å². The minimum absolute atomic E-state index is 0.108. The number of fused-ring (bicyclic) bond motifs is 1. The first-order valence-corrected chi connectivity index (χ1v) is 9.20. The van der Waals surface area contributed by atoms with Crippen LogP contribution in [0.3, 0.4) is 0 Å². The number of likely N-dealkylation sites (N-methyl/N-ethyl adjacent to an activating group) is 1. The van der Waals surface area contributed by atoms with E-state index in [4.69, 9.17) is 9.15 Å². The lowest BCUT2D eigenvalue weighted by atomic mass is 10.0. The molecule has 1 aromatic heterocycles. The average Bonchev–Trinajstić information content (AvgIpc) is 2.67. The Morgan fingerprint density at radius 1 is 1.18 bits per heavy atom. The Balaban J connectivity index is 2.08. The number of ether oxygens (including phenoxy) is 1. The molecule has 0 bridgehead atoms. The minimum Gasteiger partial charge on any atom is -0.483 e. The molecular formula is C22H22FNO4. The van der Waals surface area contributed by atoms with Crippen LogP contribution in [-0.2, 0) is 11.2 Å². The van der Waals surface area contributed by atoms with Crippen LogP contribution < -0.4 is 15.5 Å². The maximum Gasteiger partial charge on any atom is 0.257 e. The summed E-state index contributed by atoms with van der Waals surface area (Å²) in [6.07, 6.45) is 0.625. The van der Waals surface area contributed by atoms with Crippen molar-refractivity contribution in [3.05, 3.63) is 63.8 Å². The van der Waals surface area contributed by atoms with E-state index in [-0.39, 0.29) is 23.8 Å². The van der Waals surface area contributed by atoms with Gasteiger partial charge >= 0.3 is 0 Å². The van der Waals surface area contributed by atoms with Crippen LogP contribution in [0.4, 0.5) is 4.39 Å². The molecule has 0 fully saturated rings. The molecular weight excluding hydrogens is 361 g/mol. The van der Waals surface area contributed by atoms with Crippen molar-refractivity contribution in [1.82, 2.24) is 5.32 Å². The number of rotatable bonds is 6. The fourth-order valence-corrected chi connectivity index (χ4v) is 3.13. The number of amides is 1. The lowest BCUT2D eigenvalue weighted by Gasteiger charge is -2.13. The molecule has 6 heteroatoms. The molecule has 1 amide bonds. The van der Waals surface area contributed by atoms with Gasteiger partial charge in [-0.3, -0.25) is 9.59 Å². The summed E-state index contributed by atoms with van der Waals surface area (Å²) in [5.41, 5.74) is 2.01. The Morgan fingerprint density at radius 2 is 1.89 bits per heavy atom. The summed E-state index contributed by atoms with van der Waals surface area (Å²) in [4.78, 5) is 24.8. The molecule has 146 valence electrons. The van der Waals surface area contributed by atoms with Gasteiger partial charge < -0.3 is 14.5 Å². The summed E-state index contributed by atoms with van der Waals surface area (Å²) >= 11 is 0. The zero-order valence-electron chi connectivity index (χ0n) is 16.1. The molecule has 0 radical (unpaired) electrons. The Bertz CT molecular complexity index is 1070. The van der Waals surface area contributed by atoms with Crippen molar-refractivity contribution in [3.63, 3.8) is 0 Å². The first-order chi connectivity index (χ1) is 13.4. The molecule has 28 heavy (non-hydrogen) atoms. The summed E-state index contributed by atoms with van der Waals surface area (Å²) in [6.45, 7) is 5.89. The highest BCUT2D eigenvalue weighted by Gasteiger charge is 2.16. The Labute approximate surface area is 162 Å². The Morgan fingerprint density at radius 3 is 2.54 bits per heavy atom. The van der Waals surface area contributed by atoms with Crippen molar-refractivity contribution in [1.29, 1.82) is 0 Å². The Kier molecular flexibility index (Phi) is 5.78. The molecule has 1 heterocycles. The van der Waals surface area contributed by atoms with E-state index in [1.54, 1.807) is 31.2 Å². The van der Waals surface area contributed by atoms with Gasteiger partial charge in [0, 0.05) is 12.6 Å². The van der Waals surface area contributed by atoms with E-state index >= 15 is 0 Å². The van der Waals surface area contributed by atoms with Crippen molar-refractivity contribution in [2.75, 3.05) is 13.2 Å². The van der Waals surface area contributed by atoms with Gasteiger partial charge in [-0.05, 0) is 49.6 Å². The van der Waals surface area contributed by atoms with Crippen molar-refractivity contribution >= 4 is 16.9 Å². The quantitative estimate of drug-likeness (QED) is 0.699. The van der Waals surface area contributed by atoms with Crippen LogP contribution in [0.25, 0.3) is 22.1 Å². The monoisotopic (exact) mass is 383 g/mol. The number of halogens is 1. The van der Waals surface area contributed by atoms with E-state index in [0.29, 0.717) is 46.6 Å². The molecule has 0 aliphatic heterocycles. The average molecular weight is 383 g/mol. The molecule has 5 nitrogen and oxygen atoms in total. The molecule has 0 atom stereocenters. The van der Waals surface area contributed by atoms with Gasteiger partial charge in [0.15, 0.2) is 6.61 Å². The van der Waals surface area contributed by atoms with Gasteiger partial charge in [0.2, 0.25) is 5.43 Å². The predicted molar refractivity (Wildman–Crippen MR) is 106 cm³/mol. The number of nitrogens with one attached hydrogen (secondary N) is 1. The van der Waals surface area contributed by atoms with Crippen LogP contribution >= 0.6 is 0 Å². The van der Waals surface area contributed by atoms with Crippen molar-refractivity contribution in [2.24, 2.45) is 0 Å². The molecule has 0 aliphatic carbocycles. The van der Waals surface area contributed by atoms with Crippen LogP contribution in [0.2, 0.25) is 0 Å². The molecule has 0 spiro atoms. The first-order valence-electron chi connectivity index (χ1n) is 9.20. The summed E-state index contributed by atoms with van der Waals surface area (Å²) in [5.74, 6) is 0.365. The summed E-state index contributed by atoms with van der Waals surface area (Å²) in [7, 11) is 0. The summed E-state index contributed by atoms with van der Waals surface area (Å²) in [6, 6.07) is 9.13. The van der Waals surface area contributed by atoms with Crippen molar-refractivity contribution in [3.8, 4) is 16.9 Å². The second kappa shape index (κ2) is 8.25. The minimum atomic E-state index is -0.367. The highest BCUT2D eigenvalue weighted by molar-refractivity contribution is 5.85. The molecule has 3 aromatic rings. The SMILES string of the molecule is CCNC(=O)COc1cc2oc(C)c(-c3ccc(F)cc3)c(=O)c2cc1CC. The van der Waals surface area contributed by atoms with E-state index in [1.807, 2.05) is 13.8 Å². The van der Waals surface area contributed by atoms with Gasteiger partial charge in [-0.25, -0.2) is 4.39 Å². The second-order valence-electron chi connectivity index (χ2n) is 6.42. The zero-order chi connectivity index (χ0) is 20.3. The Hall–Kier alpha value is -3.15. The summed E-state index contributed by atoms with van der Waals surface area (Å²) in [5, 5.41) is 3.10. The molecule has 0 saturated carbocycles. The van der Waals surface area contributed by atoms with Gasteiger partial charge in [0.1, 0.15) is 22.9 Å². The van der Waals surface area contributed by atoms with Crippen LogP contribution in [0.15, 0.2) is 45.6 Å². The fraction of sp³-hybridized carbons (Fsp3) is 0.273. The van der Waals surface area contributed by atoms with E-state index in [1.165, 1.54) is 12.1 Å². The highest BCUT2D eigenvalue weighted by atomic mass is 19.1. The predicted octanol–water partition coefficient (Wildman–Crippen LogP) is 3.98. The van der Waals surface area contributed by atoms with Crippen LogP contribution in [-0.4, -0.2) is 19.1 Å². The first kappa shape index (κ1) is 19.6. The van der Waals surface area contributed by atoms with Crippen molar-refractivity contribution < 1.29 is 18.3 Å². The zero-order valence-corrected chi connectivity index (χ0v) is 16.1. The van der Waals surface area contributed by atoms with Crippen molar-refractivity contribution in [2.45, 2.75) is 27.2 Å². The van der Waals surface area contributed by atoms with Gasteiger partial charge in [0.25, 0.3) is 5.91 Å². The van der Waals surface area contributed by atoms with Crippen LogP contribution in [0, 0.1) is 12.7 Å². The molecule has 0 unspecified atom stereocenters. The lowest BCUT2D eigenvalue weighted by molar-refractivity contribution is -0.122. The highest BCUT2D eigenvalue weighted by Crippen LogP contribution is 2.29. The normalized spacial score (nSPS) is 10.9. The van der Waals surface area contributed by atoms with Crippen LogP contribution in [0.5, 0.6) is 5.75 Å². The number of benzene rings is 2. The largest absolute Gasteiger partial charge is 0.483 e. The number of aryl methyl sites for hydroxylation is 2. The molecule has 2 aromatic carbocycles. The van der Waals surface area contributed by atoms with E-state index in [9.17, 15) is 14.0 Å². The number of carbonyl (C=O) groups is 1. The third-order valence-corrected chi connectivity index (χ3v) is 4.50. The second-order valence-corrected chi connectivity index (χ2v) is 6.42. The van der Waals surface area contributed by atoms with Gasteiger partial charge in [-0.15, -0.1) is 0 Å². The number of hydrogen-bond donors (Lipinski definition) is 1. The van der Waals surface area contributed by atoms with E-state index in [0.717, 1.165) is 5.56 Å². The maximum absolute atomic E-state index is 13.2. The number of carbonyl (C=O) groups excluding carboxylic acids is 1. The fourth-order valence-electron chi connectivity index (χ4n) is 3.13. The molecule has 3 rings (SSSR count). The standard InChI is InChI=1S/C22H22FNO4/c1-4-14-10-17-19(11-18(14)27-12-20(25)24-5-2)28-13(3)21(22(17)26)15-6-8-16(23)9-7-15/h6-11H,4-5,12H2,1-3H3,(H,24,25). The third kappa shape index (κ3) is 3.91. The smallest absolute Gasteiger partial charge is 0.257 e. The van der Waals surface area contributed by atoms with Gasteiger partial charge in [0.05, 0.1) is 10.9 Å². The summed E-state index contributed by atoms with van der Waals surface area (Å²) < 4.78 is 24.8. The maximum atomic E-state index is 13.2. The van der Waals surface area contributed by atoms with E-state index in [2.05, 4.69) is 5.32 Å². The lowest BCUT2D eigenvalue weighted by Crippen LogP contribution is -2.28. The molecule has 1 N–H and O–H groups in total. The molecule has 0 aliphatic rings. The van der Waals surface area contributed by atoms with E-state index < -0.39 is 0 Å². The van der Waals surface area contributed by atoms with Gasteiger partial charge in [-0.2, -0.15) is 0 Å². The van der Waals surface area contributed by atoms with Gasteiger partial charge in [-0.1, -0.05) is 19.1 Å². The molecule has 0 saturated heterocycles. The topological polar surface area (TPSA) is 68.5 Å².